The molecule has 0 aromatic rings. The number of carbonyl (C=O) groups excluding carboxylic acids is 1. The Morgan fingerprint density at radius 2 is 2.22 bits per heavy atom. The van der Waals surface area contributed by atoms with Gasteiger partial charge in [-0.05, 0) is 19.3 Å². The van der Waals surface area contributed by atoms with Crippen LogP contribution in [-0.4, -0.2) is 60.8 Å². The van der Waals surface area contributed by atoms with Crippen molar-refractivity contribution in [2.24, 2.45) is 5.92 Å². The highest BCUT2D eigenvalue weighted by Gasteiger charge is 2.49. The van der Waals surface area contributed by atoms with Gasteiger partial charge in [0.05, 0.1) is 19.1 Å². The van der Waals surface area contributed by atoms with Crippen molar-refractivity contribution < 1.29 is 19.4 Å². The SMILES string of the molecule is COCCNC(=O)CN1C2CCC1C(C(=O)O)C2. The zero-order chi connectivity index (χ0) is 13.1. The monoisotopic (exact) mass is 256 g/mol. The summed E-state index contributed by atoms with van der Waals surface area (Å²) in [6.45, 7) is 1.31. The van der Waals surface area contributed by atoms with Crippen molar-refractivity contribution in [3.8, 4) is 0 Å². The van der Waals surface area contributed by atoms with Gasteiger partial charge in [-0.25, -0.2) is 0 Å². The van der Waals surface area contributed by atoms with Gasteiger partial charge < -0.3 is 15.2 Å². The molecule has 18 heavy (non-hydrogen) atoms. The van der Waals surface area contributed by atoms with E-state index < -0.39 is 5.97 Å². The number of hydrogen-bond acceptors (Lipinski definition) is 4. The number of carboxylic acids is 1. The van der Waals surface area contributed by atoms with E-state index in [1.54, 1.807) is 7.11 Å². The van der Waals surface area contributed by atoms with Crippen LogP contribution in [0.3, 0.4) is 0 Å². The summed E-state index contributed by atoms with van der Waals surface area (Å²) in [6.07, 6.45) is 2.60. The van der Waals surface area contributed by atoms with Crippen molar-refractivity contribution in [2.45, 2.75) is 31.3 Å². The van der Waals surface area contributed by atoms with Crippen molar-refractivity contribution in [3.63, 3.8) is 0 Å². The molecule has 6 heteroatoms. The van der Waals surface area contributed by atoms with E-state index in [-0.39, 0.29) is 23.9 Å². The van der Waals surface area contributed by atoms with Gasteiger partial charge in [0, 0.05) is 25.7 Å². The van der Waals surface area contributed by atoms with E-state index in [1.807, 2.05) is 0 Å². The summed E-state index contributed by atoms with van der Waals surface area (Å²) >= 11 is 0. The molecule has 2 saturated heterocycles. The molecule has 0 radical (unpaired) electrons. The van der Waals surface area contributed by atoms with Crippen molar-refractivity contribution in [2.75, 3.05) is 26.8 Å². The van der Waals surface area contributed by atoms with Crippen LogP contribution in [0, 0.1) is 5.92 Å². The quantitative estimate of drug-likeness (QED) is 0.637. The first-order valence-corrected chi connectivity index (χ1v) is 6.37. The topological polar surface area (TPSA) is 78.9 Å². The predicted molar refractivity (Wildman–Crippen MR) is 64.1 cm³/mol. The van der Waals surface area contributed by atoms with Gasteiger partial charge in [-0.15, -0.1) is 0 Å². The maximum atomic E-state index is 11.7. The van der Waals surface area contributed by atoms with Crippen LogP contribution in [0.2, 0.25) is 0 Å². The Hall–Kier alpha value is -1.14. The van der Waals surface area contributed by atoms with E-state index in [0.717, 1.165) is 12.8 Å². The average molecular weight is 256 g/mol. The van der Waals surface area contributed by atoms with E-state index in [1.165, 1.54) is 0 Å². The van der Waals surface area contributed by atoms with Gasteiger partial charge in [0.2, 0.25) is 5.91 Å². The highest BCUT2D eigenvalue weighted by Crippen LogP contribution is 2.41. The van der Waals surface area contributed by atoms with Gasteiger partial charge in [0.15, 0.2) is 0 Å². The molecule has 0 aromatic heterocycles. The molecule has 3 unspecified atom stereocenters. The fraction of sp³-hybridized carbons (Fsp3) is 0.833. The molecule has 2 aliphatic heterocycles. The second-order valence-electron chi connectivity index (χ2n) is 4.99. The minimum Gasteiger partial charge on any atom is -0.481 e. The molecule has 2 fully saturated rings. The Bertz CT molecular complexity index is 334. The molecule has 2 heterocycles. The van der Waals surface area contributed by atoms with Crippen LogP contribution in [0.25, 0.3) is 0 Å². The normalized spacial score (nSPS) is 30.6. The van der Waals surface area contributed by atoms with Crippen LogP contribution in [0.15, 0.2) is 0 Å². The lowest BCUT2D eigenvalue weighted by Gasteiger charge is -2.21. The van der Waals surface area contributed by atoms with E-state index in [2.05, 4.69) is 10.2 Å². The molecule has 2 bridgehead atoms. The second-order valence-corrected chi connectivity index (χ2v) is 4.99. The van der Waals surface area contributed by atoms with Gasteiger partial charge in [-0.3, -0.25) is 14.5 Å². The molecule has 0 aromatic carbocycles. The lowest BCUT2D eigenvalue weighted by Crippen LogP contribution is -2.41. The third kappa shape index (κ3) is 2.64. The fourth-order valence-corrected chi connectivity index (χ4v) is 3.13. The number of aliphatic carboxylic acids is 1. The van der Waals surface area contributed by atoms with Gasteiger partial charge in [-0.2, -0.15) is 0 Å². The molecule has 2 N–H and O–H groups in total. The lowest BCUT2D eigenvalue weighted by molar-refractivity contribution is -0.143. The third-order valence-electron chi connectivity index (χ3n) is 3.95. The first-order valence-electron chi connectivity index (χ1n) is 6.37. The van der Waals surface area contributed by atoms with E-state index in [0.29, 0.717) is 26.1 Å². The first-order chi connectivity index (χ1) is 8.63. The summed E-state index contributed by atoms with van der Waals surface area (Å²) in [5.74, 6) is -1.07. The van der Waals surface area contributed by atoms with Gasteiger partial charge in [-0.1, -0.05) is 0 Å². The number of rotatable bonds is 6. The summed E-state index contributed by atoms with van der Waals surface area (Å²) in [4.78, 5) is 24.9. The third-order valence-corrected chi connectivity index (χ3v) is 3.95. The summed E-state index contributed by atoms with van der Waals surface area (Å²) in [7, 11) is 1.59. The Morgan fingerprint density at radius 1 is 1.44 bits per heavy atom. The number of nitrogens with one attached hydrogen (secondary N) is 1. The van der Waals surface area contributed by atoms with Crippen LogP contribution >= 0.6 is 0 Å². The summed E-state index contributed by atoms with van der Waals surface area (Å²) in [5, 5.41) is 11.9. The van der Waals surface area contributed by atoms with E-state index in [9.17, 15) is 9.59 Å². The van der Waals surface area contributed by atoms with Crippen LogP contribution in [-0.2, 0) is 14.3 Å². The molecule has 0 aliphatic carbocycles. The van der Waals surface area contributed by atoms with Crippen molar-refractivity contribution in [1.29, 1.82) is 0 Å². The maximum Gasteiger partial charge on any atom is 0.308 e. The maximum absolute atomic E-state index is 11.7. The molecular weight excluding hydrogens is 236 g/mol. The van der Waals surface area contributed by atoms with Crippen LogP contribution in [0.5, 0.6) is 0 Å². The first kappa shape index (κ1) is 13.3. The largest absolute Gasteiger partial charge is 0.481 e. The molecule has 3 atom stereocenters. The predicted octanol–water partition coefficient (Wildman–Crippen LogP) is -0.313. The number of ether oxygens (including phenoxy) is 1. The second kappa shape index (κ2) is 5.67. The molecule has 2 aliphatic rings. The van der Waals surface area contributed by atoms with Crippen molar-refractivity contribution in [3.05, 3.63) is 0 Å². The fourth-order valence-electron chi connectivity index (χ4n) is 3.13. The number of nitrogens with zero attached hydrogens (tertiary/aromatic N) is 1. The average Bonchev–Trinajstić information content (AvgIpc) is 2.87. The Morgan fingerprint density at radius 3 is 2.83 bits per heavy atom. The lowest BCUT2D eigenvalue weighted by atomic mass is 9.89. The molecule has 102 valence electrons. The minimum atomic E-state index is -0.730. The number of carbonyl (C=O) groups is 2. The zero-order valence-electron chi connectivity index (χ0n) is 10.6. The summed E-state index contributed by atoms with van der Waals surface area (Å²) in [6, 6.07) is 0.310. The molecule has 0 spiro atoms. The van der Waals surface area contributed by atoms with Gasteiger partial charge in [0.1, 0.15) is 0 Å². The Balaban J connectivity index is 1.83. The highest BCUT2D eigenvalue weighted by molar-refractivity contribution is 5.78. The smallest absolute Gasteiger partial charge is 0.308 e. The summed E-state index contributed by atoms with van der Waals surface area (Å²) < 4.78 is 4.86. The molecule has 2 rings (SSSR count). The molecule has 0 saturated carbocycles. The van der Waals surface area contributed by atoms with Gasteiger partial charge in [0.25, 0.3) is 0 Å². The van der Waals surface area contributed by atoms with Crippen LogP contribution in [0.4, 0.5) is 0 Å². The number of amides is 1. The number of fused-ring (bicyclic) bond motifs is 2. The van der Waals surface area contributed by atoms with Gasteiger partial charge >= 0.3 is 5.97 Å². The minimum absolute atomic E-state index is 0.0423. The molecular formula is C12H20N2O4. The number of hydrogen-bond donors (Lipinski definition) is 2. The van der Waals surface area contributed by atoms with Crippen LogP contribution < -0.4 is 5.32 Å². The summed E-state index contributed by atoms with van der Waals surface area (Å²) in [5.41, 5.74) is 0. The highest BCUT2D eigenvalue weighted by atomic mass is 16.5. The Labute approximate surface area is 106 Å². The zero-order valence-corrected chi connectivity index (χ0v) is 10.6. The molecule has 6 nitrogen and oxygen atoms in total. The van der Waals surface area contributed by atoms with E-state index >= 15 is 0 Å². The molecule has 1 amide bonds. The number of methoxy groups -OCH3 is 1. The van der Waals surface area contributed by atoms with Crippen LogP contribution in [0.1, 0.15) is 19.3 Å². The van der Waals surface area contributed by atoms with Crippen molar-refractivity contribution >= 4 is 11.9 Å². The standard InChI is InChI=1S/C12H20N2O4/c1-18-5-4-13-11(15)7-14-8-2-3-10(14)9(6-8)12(16)17/h8-10H,2-7H2,1H3,(H,13,15)(H,16,17). The van der Waals surface area contributed by atoms with E-state index in [4.69, 9.17) is 9.84 Å². The number of carboxylic acid groups (broad SMARTS) is 1. The van der Waals surface area contributed by atoms with Crippen molar-refractivity contribution in [1.82, 2.24) is 10.2 Å². The Kier molecular flexibility index (Phi) is 4.19.